The monoisotopic (exact) mass is 406 g/mol. The third-order valence-electron chi connectivity index (χ3n) is 6.77. The second-order valence-corrected chi connectivity index (χ2v) is 10.1. The quantitative estimate of drug-likeness (QED) is 0.647. The Morgan fingerprint density at radius 1 is 1.17 bits per heavy atom. The number of ketones is 1. The Morgan fingerprint density at radius 3 is 2.69 bits per heavy atom. The Hall–Kier alpha value is -2.18. The molecule has 3 aromatic rings. The van der Waals surface area contributed by atoms with Crippen LogP contribution in [0.25, 0.3) is 21.3 Å². The van der Waals surface area contributed by atoms with Gasteiger partial charge in [-0.2, -0.15) is 0 Å². The molecular weight excluding hydrogens is 380 g/mol. The molecule has 3 heterocycles. The number of aryl methyl sites for hydroxylation is 1. The first-order valence-corrected chi connectivity index (χ1v) is 11.2. The van der Waals surface area contributed by atoms with E-state index in [0.29, 0.717) is 17.6 Å². The number of carbonyl (C=O) groups excluding carboxylic acids is 1. The minimum Gasteiger partial charge on any atom is -0.306 e. The number of hydrogen-bond acceptors (Lipinski definition) is 6. The minimum atomic E-state index is 0.228. The van der Waals surface area contributed by atoms with Gasteiger partial charge in [-0.1, -0.05) is 23.5 Å². The second-order valence-electron chi connectivity index (χ2n) is 8.92. The first-order valence-electron chi connectivity index (χ1n) is 10.4. The van der Waals surface area contributed by atoms with E-state index in [-0.39, 0.29) is 5.92 Å². The highest BCUT2D eigenvalue weighted by Crippen LogP contribution is 2.52. The lowest BCUT2D eigenvalue weighted by Gasteiger charge is -2.51. The molecule has 1 saturated carbocycles. The zero-order chi connectivity index (χ0) is 20.0. The lowest BCUT2D eigenvalue weighted by atomic mass is 9.56. The number of aromatic nitrogens is 3. The van der Waals surface area contributed by atoms with E-state index in [9.17, 15) is 4.79 Å². The van der Waals surface area contributed by atoms with Crippen molar-refractivity contribution in [1.29, 1.82) is 0 Å². The summed E-state index contributed by atoms with van der Waals surface area (Å²) >= 11 is 1.59. The van der Waals surface area contributed by atoms with Gasteiger partial charge in [0.25, 0.3) is 0 Å². The van der Waals surface area contributed by atoms with E-state index in [1.807, 2.05) is 13.1 Å². The highest BCUT2D eigenvalue weighted by Gasteiger charge is 2.47. The molecule has 2 aromatic heterocycles. The Kier molecular flexibility index (Phi) is 4.71. The summed E-state index contributed by atoms with van der Waals surface area (Å²) in [7, 11) is 2.19. The smallest absolute Gasteiger partial charge is 0.147 e. The summed E-state index contributed by atoms with van der Waals surface area (Å²) in [5.74, 6) is 0.587. The molecule has 0 atom stereocenters. The second kappa shape index (κ2) is 7.26. The molecule has 1 aromatic carbocycles. The number of nitrogens with zero attached hydrogens (tertiary/aromatic N) is 4. The Labute approximate surface area is 175 Å². The Bertz CT molecular complexity index is 1060. The van der Waals surface area contributed by atoms with Gasteiger partial charge in [-0.3, -0.25) is 9.78 Å². The van der Waals surface area contributed by atoms with Crippen molar-refractivity contribution >= 4 is 27.9 Å². The first-order chi connectivity index (χ1) is 14.0. The molecule has 1 spiro atoms. The molecule has 6 heteroatoms. The maximum absolute atomic E-state index is 12.8. The van der Waals surface area contributed by atoms with Crippen LogP contribution in [0, 0.1) is 18.3 Å². The molecule has 0 bridgehead atoms. The van der Waals surface area contributed by atoms with Gasteiger partial charge in [0.05, 0.1) is 0 Å². The van der Waals surface area contributed by atoms with Crippen LogP contribution in [0.3, 0.4) is 0 Å². The number of rotatable bonds is 4. The average Bonchev–Trinajstić information content (AvgIpc) is 3.13. The van der Waals surface area contributed by atoms with E-state index in [1.54, 1.807) is 11.3 Å². The maximum Gasteiger partial charge on any atom is 0.147 e. The van der Waals surface area contributed by atoms with E-state index in [2.05, 4.69) is 51.4 Å². The highest BCUT2D eigenvalue weighted by molar-refractivity contribution is 7.14. The van der Waals surface area contributed by atoms with Crippen LogP contribution in [-0.4, -0.2) is 46.0 Å². The van der Waals surface area contributed by atoms with Gasteiger partial charge in [0.2, 0.25) is 0 Å². The van der Waals surface area contributed by atoms with Crippen LogP contribution in [0.15, 0.2) is 30.5 Å². The molecule has 2 aliphatic rings. The van der Waals surface area contributed by atoms with Gasteiger partial charge in [0.15, 0.2) is 0 Å². The van der Waals surface area contributed by atoms with Gasteiger partial charge in [-0.15, -0.1) is 10.2 Å². The van der Waals surface area contributed by atoms with Gasteiger partial charge < -0.3 is 4.90 Å². The summed E-state index contributed by atoms with van der Waals surface area (Å²) in [6, 6.07) is 8.32. The molecule has 150 valence electrons. The van der Waals surface area contributed by atoms with Crippen LogP contribution < -0.4 is 0 Å². The number of pyridine rings is 1. The molecular formula is C23H26N4OS. The molecule has 1 aliphatic heterocycles. The number of fused-ring (bicyclic) bond motifs is 1. The summed E-state index contributed by atoms with van der Waals surface area (Å²) in [5, 5.41) is 12.4. The van der Waals surface area contributed by atoms with Crippen LogP contribution >= 0.6 is 11.3 Å². The third kappa shape index (κ3) is 3.71. The number of carbonyl (C=O) groups is 1. The summed E-state index contributed by atoms with van der Waals surface area (Å²) in [6.45, 7) is 4.30. The summed E-state index contributed by atoms with van der Waals surface area (Å²) in [6.07, 6.45) is 6.97. The van der Waals surface area contributed by atoms with E-state index >= 15 is 0 Å². The largest absolute Gasteiger partial charge is 0.306 e. The topological polar surface area (TPSA) is 59.0 Å². The zero-order valence-electron chi connectivity index (χ0n) is 17.0. The van der Waals surface area contributed by atoms with Gasteiger partial charge in [0, 0.05) is 35.2 Å². The number of likely N-dealkylation sites (tertiary alicyclic amines) is 1. The predicted molar refractivity (Wildman–Crippen MR) is 116 cm³/mol. The minimum absolute atomic E-state index is 0.228. The first kappa shape index (κ1) is 18.8. The lowest BCUT2D eigenvalue weighted by Crippen LogP contribution is -2.48. The average molecular weight is 407 g/mol. The van der Waals surface area contributed by atoms with Crippen LogP contribution in [0.1, 0.15) is 36.4 Å². The summed E-state index contributed by atoms with van der Waals surface area (Å²) in [5.41, 5.74) is 2.38. The fraction of sp³-hybridized carbons (Fsp3) is 0.478. The van der Waals surface area contributed by atoms with Crippen molar-refractivity contribution in [3.05, 3.63) is 41.2 Å². The van der Waals surface area contributed by atoms with E-state index in [4.69, 9.17) is 0 Å². The van der Waals surface area contributed by atoms with Gasteiger partial charge in [0.1, 0.15) is 15.8 Å². The molecule has 29 heavy (non-hydrogen) atoms. The van der Waals surface area contributed by atoms with E-state index in [1.165, 1.54) is 25.9 Å². The number of Topliss-reactive ketones (excluding diaryl/α,β-unsaturated/α-hetero) is 1. The number of hydrogen-bond donors (Lipinski definition) is 0. The number of benzene rings is 1. The summed E-state index contributed by atoms with van der Waals surface area (Å²) < 4.78 is 0. The van der Waals surface area contributed by atoms with Crippen LogP contribution in [0.4, 0.5) is 0 Å². The van der Waals surface area contributed by atoms with Crippen molar-refractivity contribution in [3.63, 3.8) is 0 Å². The third-order valence-corrected chi connectivity index (χ3v) is 7.66. The van der Waals surface area contributed by atoms with Crippen molar-refractivity contribution in [2.75, 3.05) is 20.1 Å². The summed E-state index contributed by atoms with van der Waals surface area (Å²) in [4.78, 5) is 19.8. The van der Waals surface area contributed by atoms with Crippen molar-refractivity contribution < 1.29 is 4.79 Å². The lowest BCUT2D eigenvalue weighted by molar-refractivity contribution is -0.131. The van der Waals surface area contributed by atoms with Gasteiger partial charge >= 0.3 is 0 Å². The van der Waals surface area contributed by atoms with E-state index in [0.717, 1.165) is 44.9 Å². The number of piperidine rings is 1. The molecule has 5 rings (SSSR count). The zero-order valence-corrected chi connectivity index (χ0v) is 17.8. The molecule has 0 unspecified atom stereocenters. The van der Waals surface area contributed by atoms with E-state index < -0.39 is 0 Å². The van der Waals surface area contributed by atoms with Crippen molar-refractivity contribution in [2.24, 2.45) is 11.3 Å². The highest BCUT2D eigenvalue weighted by atomic mass is 32.1. The molecule has 0 N–H and O–H groups in total. The molecule has 5 nitrogen and oxygen atoms in total. The van der Waals surface area contributed by atoms with Gasteiger partial charge in [-0.25, -0.2) is 0 Å². The standard InChI is InChI=1S/C23H26N4OS/c1-15-25-26-22(29-15)16-3-4-17-14-24-20(10-18(17)9-16)11-21(28)19-12-23(13-19)5-7-27(2)8-6-23/h3-4,9-10,14,19H,5-8,11-13H2,1-2H3. The Morgan fingerprint density at radius 2 is 1.97 bits per heavy atom. The SMILES string of the molecule is Cc1nnc(-c2ccc3cnc(CC(=O)C4CC5(CCN(C)CC5)C4)cc3c2)s1. The van der Waals surface area contributed by atoms with Crippen LogP contribution in [0.5, 0.6) is 0 Å². The van der Waals surface area contributed by atoms with Crippen molar-refractivity contribution in [3.8, 4) is 10.6 Å². The molecule has 1 aliphatic carbocycles. The fourth-order valence-corrected chi connectivity index (χ4v) is 5.55. The molecule has 0 radical (unpaired) electrons. The van der Waals surface area contributed by atoms with Crippen molar-refractivity contribution in [2.45, 2.75) is 39.0 Å². The fourth-order valence-electron chi connectivity index (χ4n) is 4.87. The van der Waals surface area contributed by atoms with Gasteiger partial charge in [-0.05, 0) is 75.7 Å². The van der Waals surface area contributed by atoms with Crippen LogP contribution in [0.2, 0.25) is 0 Å². The predicted octanol–water partition coefficient (Wildman–Crippen LogP) is 4.30. The maximum atomic E-state index is 12.8. The Balaban J connectivity index is 1.28. The molecule has 0 amide bonds. The molecule has 1 saturated heterocycles. The molecule has 2 fully saturated rings. The normalized spacial score (nSPS) is 19.5. The van der Waals surface area contributed by atoms with Crippen molar-refractivity contribution in [1.82, 2.24) is 20.1 Å². The van der Waals surface area contributed by atoms with Crippen LogP contribution in [-0.2, 0) is 11.2 Å².